The molecule has 32 heavy (non-hydrogen) atoms. The van der Waals surface area contributed by atoms with Gasteiger partial charge in [0, 0.05) is 11.1 Å². The largest absolute Gasteiger partial charge is 0.287 e. The minimum atomic E-state index is 0.00916. The maximum atomic E-state index is 12.4. The lowest BCUT2D eigenvalue weighted by molar-refractivity contribution is 0.244. The third-order valence-corrected chi connectivity index (χ3v) is 6.77. The molecule has 0 aliphatic carbocycles. The summed E-state index contributed by atoms with van der Waals surface area (Å²) < 4.78 is 2.11. The van der Waals surface area contributed by atoms with Crippen LogP contribution in [0.4, 0.5) is 4.79 Å². The van der Waals surface area contributed by atoms with E-state index in [-0.39, 0.29) is 5.24 Å². The molecule has 7 heteroatoms. The first-order valence-electron chi connectivity index (χ1n) is 10.2. The summed E-state index contributed by atoms with van der Waals surface area (Å²) in [4.78, 5) is 14.9. The number of nitrogens with zero attached hydrogens (tertiary/aromatic N) is 4. The Balaban J connectivity index is 1.56. The second-order valence-electron chi connectivity index (χ2n) is 7.18. The second kappa shape index (κ2) is 9.38. The van der Waals surface area contributed by atoms with E-state index in [9.17, 15) is 4.79 Å². The van der Waals surface area contributed by atoms with Gasteiger partial charge in [-0.2, -0.15) is 0 Å². The molecule has 1 aliphatic rings. The standard InChI is InChI=1S/C25H20N4OS2/c30-25-28(16-19-10-4-1-5-11-19)23(18-32-25)26-27-24-29(21-14-8-3-9-15-21)22(17-31-24)20-12-6-2-7-13-20/h1-15,17H,16,18H2/b26-23+,27-24-. The van der Waals surface area contributed by atoms with Crippen LogP contribution in [0, 0.1) is 0 Å². The van der Waals surface area contributed by atoms with Crippen LogP contribution in [-0.4, -0.2) is 26.3 Å². The van der Waals surface area contributed by atoms with E-state index in [2.05, 4.69) is 44.4 Å². The summed E-state index contributed by atoms with van der Waals surface area (Å²) in [7, 11) is 0. The molecule has 1 saturated heterocycles. The van der Waals surface area contributed by atoms with Crippen LogP contribution in [0.1, 0.15) is 5.56 Å². The van der Waals surface area contributed by atoms with E-state index in [1.165, 1.54) is 23.1 Å². The average molecular weight is 457 g/mol. The van der Waals surface area contributed by atoms with Gasteiger partial charge in [0.15, 0.2) is 0 Å². The SMILES string of the molecule is O=C1SC/C(=N\N=c2/scc(-c3ccccc3)n2-c2ccccc2)N1Cc1ccccc1. The minimum absolute atomic E-state index is 0.00916. The van der Waals surface area contributed by atoms with Crippen molar-refractivity contribution in [2.24, 2.45) is 10.2 Å². The van der Waals surface area contributed by atoms with Gasteiger partial charge in [0.05, 0.1) is 18.0 Å². The normalized spacial score (nSPS) is 15.6. The molecule has 5 rings (SSSR count). The first-order valence-corrected chi connectivity index (χ1v) is 12.1. The Kier molecular flexibility index (Phi) is 6.00. The maximum Gasteiger partial charge on any atom is 0.287 e. The van der Waals surface area contributed by atoms with Gasteiger partial charge >= 0.3 is 0 Å². The summed E-state index contributed by atoms with van der Waals surface area (Å²) >= 11 is 2.80. The third kappa shape index (κ3) is 4.30. The molecule has 1 fully saturated rings. The van der Waals surface area contributed by atoms with Crippen LogP contribution in [0.5, 0.6) is 0 Å². The van der Waals surface area contributed by atoms with Crippen molar-refractivity contribution in [1.29, 1.82) is 0 Å². The van der Waals surface area contributed by atoms with Crippen LogP contribution in [0.15, 0.2) is 107 Å². The lowest BCUT2D eigenvalue weighted by atomic mass is 10.1. The van der Waals surface area contributed by atoms with Crippen LogP contribution in [0.3, 0.4) is 0 Å². The van der Waals surface area contributed by atoms with Gasteiger partial charge in [-0.3, -0.25) is 14.3 Å². The van der Waals surface area contributed by atoms with E-state index in [4.69, 9.17) is 0 Å². The lowest BCUT2D eigenvalue weighted by Crippen LogP contribution is -2.28. The van der Waals surface area contributed by atoms with Gasteiger partial charge in [0.2, 0.25) is 4.80 Å². The average Bonchev–Trinajstić information content (AvgIpc) is 3.43. The summed E-state index contributed by atoms with van der Waals surface area (Å²) in [6, 6.07) is 30.3. The Morgan fingerprint density at radius 2 is 1.47 bits per heavy atom. The smallest absolute Gasteiger partial charge is 0.284 e. The molecule has 0 unspecified atom stereocenters. The molecule has 0 N–H and O–H groups in total. The third-order valence-electron chi connectivity index (χ3n) is 5.08. The van der Waals surface area contributed by atoms with Gasteiger partial charge in [-0.25, -0.2) is 0 Å². The van der Waals surface area contributed by atoms with E-state index in [0.717, 1.165) is 27.3 Å². The summed E-state index contributed by atoms with van der Waals surface area (Å²) in [6.45, 7) is 0.499. The number of aromatic nitrogens is 1. The molecule has 0 saturated carbocycles. The lowest BCUT2D eigenvalue weighted by Gasteiger charge is -2.15. The van der Waals surface area contributed by atoms with Crippen molar-refractivity contribution in [3.05, 3.63) is 107 Å². The molecule has 0 spiro atoms. The summed E-state index contributed by atoms with van der Waals surface area (Å²) in [5.74, 6) is 1.20. The predicted octanol–water partition coefficient (Wildman–Crippen LogP) is 5.79. The van der Waals surface area contributed by atoms with E-state index < -0.39 is 0 Å². The van der Waals surface area contributed by atoms with Gasteiger partial charge in [-0.05, 0) is 23.3 Å². The number of benzene rings is 3. The number of para-hydroxylation sites is 1. The topological polar surface area (TPSA) is 50.0 Å². The highest BCUT2D eigenvalue weighted by Gasteiger charge is 2.28. The minimum Gasteiger partial charge on any atom is -0.284 e. The van der Waals surface area contributed by atoms with Crippen molar-refractivity contribution in [1.82, 2.24) is 9.47 Å². The van der Waals surface area contributed by atoms with Crippen molar-refractivity contribution in [2.45, 2.75) is 6.54 Å². The molecule has 3 aromatic carbocycles. The van der Waals surface area contributed by atoms with Crippen molar-refractivity contribution in [2.75, 3.05) is 5.75 Å². The first-order chi connectivity index (χ1) is 15.8. The number of hydrogen-bond donors (Lipinski definition) is 0. The Hall–Kier alpha value is -3.42. The van der Waals surface area contributed by atoms with Crippen LogP contribution >= 0.6 is 23.1 Å². The van der Waals surface area contributed by atoms with Crippen molar-refractivity contribution >= 4 is 34.2 Å². The van der Waals surface area contributed by atoms with Crippen LogP contribution in [0.2, 0.25) is 0 Å². The molecule has 158 valence electrons. The van der Waals surface area contributed by atoms with Crippen molar-refractivity contribution in [3.63, 3.8) is 0 Å². The summed E-state index contributed by atoms with van der Waals surface area (Å²) in [5, 5.41) is 11.2. The van der Waals surface area contributed by atoms with Crippen molar-refractivity contribution < 1.29 is 4.79 Å². The number of hydrogen-bond acceptors (Lipinski definition) is 5. The highest BCUT2D eigenvalue weighted by Crippen LogP contribution is 2.24. The Labute approximate surface area is 194 Å². The highest BCUT2D eigenvalue weighted by atomic mass is 32.2. The number of carbonyl (C=O) groups is 1. The Bertz CT molecular complexity index is 1310. The molecule has 2 heterocycles. The van der Waals surface area contributed by atoms with E-state index in [0.29, 0.717) is 18.1 Å². The van der Waals surface area contributed by atoms with E-state index in [1.807, 2.05) is 66.7 Å². The number of amidine groups is 1. The fraction of sp³-hybridized carbons (Fsp3) is 0.0800. The van der Waals surface area contributed by atoms with Gasteiger partial charge in [0.1, 0.15) is 5.84 Å². The van der Waals surface area contributed by atoms with Crippen LogP contribution in [-0.2, 0) is 6.54 Å². The molecule has 0 atom stereocenters. The fourth-order valence-corrected chi connectivity index (χ4v) is 5.16. The second-order valence-corrected chi connectivity index (χ2v) is 8.95. The predicted molar refractivity (Wildman–Crippen MR) is 132 cm³/mol. The first kappa shape index (κ1) is 20.5. The van der Waals surface area contributed by atoms with Gasteiger partial charge in [-0.15, -0.1) is 21.5 Å². The zero-order valence-corrected chi connectivity index (χ0v) is 18.8. The number of thiazole rings is 1. The fourth-order valence-electron chi connectivity index (χ4n) is 3.51. The summed E-state index contributed by atoms with van der Waals surface area (Å²) in [5.41, 5.74) is 4.25. The summed E-state index contributed by atoms with van der Waals surface area (Å²) in [6.07, 6.45) is 0. The molecular formula is C25H20N4OS2. The molecule has 0 radical (unpaired) electrons. The van der Waals surface area contributed by atoms with E-state index >= 15 is 0 Å². The number of carbonyl (C=O) groups excluding carboxylic acids is 1. The maximum absolute atomic E-state index is 12.4. The molecule has 0 bridgehead atoms. The van der Waals surface area contributed by atoms with Gasteiger partial charge < -0.3 is 0 Å². The van der Waals surface area contributed by atoms with Gasteiger partial charge in [-0.1, -0.05) is 90.6 Å². The molecule has 1 aliphatic heterocycles. The highest BCUT2D eigenvalue weighted by molar-refractivity contribution is 8.14. The zero-order chi connectivity index (χ0) is 21.8. The quantitative estimate of drug-likeness (QED) is 0.357. The molecule has 1 amide bonds. The molecule has 4 aromatic rings. The molecule has 5 nitrogen and oxygen atoms in total. The number of thioether (sulfide) groups is 1. The van der Waals surface area contributed by atoms with E-state index in [1.54, 1.807) is 4.90 Å². The molecule has 1 aromatic heterocycles. The van der Waals surface area contributed by atoms with Crippen LogP contribution < -0.4 is 4.80 Å². The number of rotatable bonds is 5. The Morgan fingerprint density at radius 1 is 0.812 bits per heavy atom. The van der Waals surface area contributed by atoms with Crippen LogP contribution in [0.25, 0.3) is 16.9 Å². The number of amides is 1. The Morgan fingerprint density at radius 3 is 2.19 bits per heavy atom. The molecular weight excluding hydrogens is 436 g/mol. The van der Waals surface area contributed by atoms with Gasteiger partial charge in [0.25, 0.3) is 5.24 Å². The van der Waals surface area contributed by atoms with Crippen molar-refractivity contribution in [3.8, 4) is 16.9 Å². The zero-order valence-electron chi connectivity index (χ0n) is 17.2. The monoisotopic (exact) mass is 456 g/mol.